The van der Waals surface area contributed by atoms with Gasteiger partial charge in [-0.05, 0) is 6.07 Å². The van der Waals surface area contributed by atoms with Crippen LogP contribution in [0.3, 0.4) is 0 Å². The molecule has 1 N–H and O–H groups in total. The summed E-state index contributed by atoms with van der Waals surface area (Å²) in [5.41, 5.74) is -0.231. The second kappa shape index (κ2) is 5.92. The summed E-state index contributed by atoms with van der Waals surface area (Å²) >= 11 is 11.4. The Labute approximate surface area is 121 Å². The van der Waals surface area contributed by atoms with Crippen molar-refractivity contribution in [2.75, 3.05) is 13.1 Å². The van der Waals surface area contributed by atoms with Crippen molar-refractivity contribution >= 4 is 35.1 Å². The average Bonchev–Trinajstić information content (AvgIpc) is 2.53. The third-order valence-corrected chi connectivity index (χ3v) is 3.16. The molecule has 0 bridgehead atoms. The lowest BCUT2D eigenvalue weighted by molar-refractivity contribution is -0.149. The van der Waals surface area contributed by atoms with Crippen LogP contribution < -0.4 is 0 Å². The SMILES string of the molecule is Cn1c(C(=O)N(CC(=O)O)CC(F)(F)F)cc(Cl)c1Cl. The topological polar surface area (TPSA) is 62.5 Å². The summed E-state index contributed by atoms with van der Waals surface area (Å²) in [6.07, 6.45) is -4.72. The number of hydrogen-bond donors (Lipinski definition) is 1. The second-order valence-corrected chi connectivity index (χ2v) is 4.66. The molecule has 0 aliphatic carbocycles. The Kier molecular flexibility index (Phi) is 4.93. The number of carbonyl (C=O) groups is 2. The number of hydrogen-bond acceptors (Lipinski definition) is 2. The molecule has 0 radical (unpaired) electrons. The van der Waals surface area contributed by atoms with Crippen LogP contribution in [0.1, 0.15) is 10.5 Å². The molecule has 1 rings (SSSR count). The standard InChI is InChI=1S/C10H9Cl2F3N2O3/c1-16-6(2-5(11)8(16)12)9(20)17(3-7(18)19)4-10(13,14)15/h2H,3-4H2,1H3,(H,18,19). The third kappa shape index (κ3) is 4.04. The zero-order chi connectivity index (χ0) is 15.7. The van der Waals surface area contributed by atoms with E-state index in [1.54, 1.807) is 0 Å². The number of alkyl halides is 3. The molecule has 0 saturated carbocycles. The molecule has 0 spiro atoms. The highest BCUT2D eigenvalue weighted by Crippen LogP contribution is 2.26. The van der Waals surface area contributed by atoms with Crippen LogP contribution in [0.15, 0.2) is 6.07 Å². The van der Waals surface area contributed by atoms with Crippen molar-refractivity contribution < 1.29 is 27.9 Å². The van der Waals surface area contributed by atoms with E-state index < -0.39 is 31.1 Å². The Morgan fingerprint density at radius 3 is 2.30 bits per heavy atom. The largest absolute Gasteiger partial charge is 0.480 e. The number of aromatic nitrogens is 1. The Morgan fingerprint density at radius 2 is 1.95 bits per heavy atom. The van der Waals surface area contributed by atoms with E-state index in [4.69, 9.17) is 28.3 Å². The number of nitrogens with zero attached hydrogens (tertiary/aromatic N) is 2. The van der Waals surface area contributed by atoms with Crippen LogP contribution in [0.25, 0.3) is 0 Å². The minimum atomic E-state index is -4.72. The molecular formula is C10H9Cl2F3N2O3. The smallest absolute Gasteiger partial charge is 0.406 e. The van der Waals surface area contributed by atoms with E-state index in [-0.39, 0.29) is 20.8 Å². The predicted octanol–water partition coefficient (Wildman–Crippen LogP) is 2.42. The Bertz CT molecular complexity index is 543. The van der Waals surface area contributed by atoms with Crippen LogP contribution in [0, 0.1) is 0 Å². The van der Waals surface area contributed by atoms with Crippen molar-refractivity contribution in [1.29, 1.82) is 0 Å². The van der Waals surface area contributed by atoms with E-state index in [9.17, 15) is 22.8 Å². The molecule has 0 atom stereocenters. The second-order valence-electron chi connectivity index (χ2n) is 3.90. The number of halogens is 5. The molecule has 0 aliphatic heterocycles. The van der Waals surface area contributed by atoms with Crippen molar-refractivity contribution in [3.05, 3.63) is 21.9 Å². The van der Waals surface area contributed by atoms with Crippen molar-refractivity contribution in [2.45, 2.75) is 6.18 Å². The molecule has 0 unspecified atom stereocenters. The monoisotopic (exact) mass is 332 g/mol. The Balaban J connectivity index is 3.09. The summed E-state index contributed by atoms with van der Waals surface area (Å²) in [5, 5.41) is 8.54. The Morgan fingerprint density at radius 1 is 1.40 bits per heavy atom. The van der Waals surface area contributed by atoms with Crippen LogP contribution in [0.5, 0.6) is 0 Å². The number of rotatable bonds is 4. The maximum atomic E-state index is 12.4. The third-order valence-electron chi connectivity index (χ3n) is 2.32. The fourth-order valence-corrected chi connectivity index (χ4v) is 1.86. The number of carboxylic acid groups (broad SMARTS) is 1. The normalized spacial score (nSPS) is 11.5. The van der Waals surface area contributed by atoms with E-state index in [1.165, 1.54) is 7.05 Å². The highest BCUT2D eigenvalue weighted by Gasteiger charge is 2.35. The predicted molar refractivity (Wildman–Crippen MR) is 65.0 cm³/mol. The first kappa shape index (κ1) is 16.6. The maximum Gasteiger partial charge on any atom is 0.406 e. The van der Waals surface area contributed by atoms with Gasteiger partial charge in [-0.15, -0.1) is 0 Å². The maximum absolute atomic E-state index is 12.4. The van der Waals surface area contributed by atoms with Gasteiger partial charge in [0.05, 0.1) is 5.02 Å². The van der Waals surface area contributed by atoms with E-state index in [0.29, 0.717) is 0 Å². The van der Waals surface area contributed by atoms with E-state index in [0.717, 1.165) is 10.6 Å². The van der Waals surface area contributed by atoms with Crippen molar-refractivity contribution in [3.63, 3.8) is 0 Å². The average molecular weight is 333 g/mol. The molecule has 1 heterocycles. The highest BCUT2D eigenvalue weighted by molar-refractivity contribution is 6.41. The van der Waals surface area contributed by atoms with Gasteiger partial charge in [0.1, 0.15) is 23.9 Å². The minimum absolute atomic E-state index is 0.0141. The number of carboxylic acids is 1. The van der Waals surface area contributed by atoms with Crippen LogP contribution >= 0.6 is 23.2 Å². The van der Waals surface area contributed by atoms with Crippen molar-refractivity contribution in [3.8, 4) is 0 Å². The van der Waals surface area contributed by atoms with Gasteiger partial charge in [0, 0.05) is 7.05 Å². The summed E-state index contributed by atoms with van der Waals surface area (Å²) in [7, 11) is 1.33. The van der Waals surface area contributed by atoms with Crippen LogP contribution in [0.4, 0.5) is 13.2 Å². The number of amides is 1. The van der Waals surface area contributed by atoms with Gasteiger partial charge in [-0.3, -0.25) is 9.59 Å². The van der Waals surface area contributed by atoms with Crippen molar-refractivity contribution in [2.24, 2.45) is 7.05 Å². The van der Waals surface area contributed by atoms with Crippen LogP contribution in [0.2, 0.25) is 10.2 Å². The lowest BCUT2D eigenvalue weighted by atomic mass is 10.3. The summed E-state index contributed by atoms with van der Waals surface area (Å²) in [6, 6.07) is 1.08. The van der Waals surface area contributed by atoms with Gasteiger partial charge < -0.3 is 14.6 Å². The van der Waals surface area contributed by atoms with Gasteiger partial charge in [0.25, 0.3) is 5.91 Å². The molecule has 0 aliphatic rings. The Hall–Kier alpha value is -1.41. The number of carbonyl (C=O) groups excluding carboxylic acids is 1. The summed E-state index contributed by atoms with van der Waals surface area (Å²) in [6.45, 7) is -2.77. The van der Waals surface area contributed by atoms with Gasteiger partial charge in [-0.1, -0.05) is 23.2 Å². The van der Waals surface area contributed by atoms with Gasteiger partial charge in [0.2, 0.25) is 0 Å². The molecule has 0 fully saturated rings. The van der Waals surface area contributed by atoms with E-state index in [2.05, 4.69) is 0 Å². The van der Waals surface area contributed by atoms with Gasteiger partial charge >= 0.3 is 12.1 Å². The lowest BCUT2D eigenvalue weighted by Gasteiger charge is -2.22. The lowest BCUT2D eigenvalue weighted by Crippen LogP contribution is -2.42. The molecule has 0 saturated heterocycles. The molecule has 20 heavy (non-hydrogen) atoms. The summed E-state index contributed by atoms with van der Waals surface area (Å²) < 4.78 is 38.2. The van der Waals surface area contributed by atoms with Gasteiger partial charge in [-0.2, -0.15) is 13.2 Å². The molecular weight excluding hydrogens is 324 g/mol. The summed E-state index contributed by atoms with van der Waals surface area (Å²) in [4.78, 5) is 22.7. The molecule has 10 heteroatoms. The van der Waals surface area contributed by atoms with Crippen LogP contribution in [-0.4, -0.2) is 45.7 Å². The number of aliphatic carboxylic acids is 1. The van der Waals surface area contributed by atoms with Gasteiger partial charge in [-0.25, -0.2) is 0 Å². The molecule has 5 nitrogen and oxygen atoms in total. The van der Waals surface area contributed by atoms with E-state index >= 15 is 0 Å². The molecule has 0 aromatic carbocycles. The highest BCUT2D eigenvalue weighted by atomic mass is 35.5. The zero-order valence-electron chi connectivity index (χ0n) is 10.0. The molecule has 1 aromatic rings. The quantitative estimate of drug-likeness (QED) is 0.921. The molecule has 1 amide bonds. The van der Waals surface area contributed by atoms with Gasteiger partial charge in [0.15, 0.2) is 0 Å². The minimum Gasteiger partial charge on any atom is -0.480 e. The first-order valence-electron chi connectivity index (χ1n) is 5.11. The fraction of sp³-hybridized carbons (Fsp3) is 0.400. The summed E-state index contributed by atoms with van der Waals surface area (Å²) in [5.74, 6) is -2.69. The fourth-order valence-electron chi connectivity index (χ4n) is 1.49. The first-order valence-corrected chi connectivity index (χ1v) is 5.87. The molecule has 1 aromatic heterocycles. The van der Waals surface area contributed by atoms with E-state index in [1.807, 2.05) is 0 Å². The van der Waals surface area contributed by atoms with Crippen molar-refractivity contribution in [1.82, 2.24) is 9.47 Å². The molecule has 112 valence electrons. The first-order chi connectivity index (χ1) is 9.03. The van der Waals surface area contributed by atoms with Crippen LogP contribution in [-0.2, 0) is 11.8 Å². The zero-order valence-corrected chi connectivity index (χ0v) is 11.6.